The van der Waals surface area contributed by atoms with Crippen molar-refractivity contribution in [2.45, 2.75) is 5.75 Å². The Morgan fingerprint density at radius 1 is 1.12 bits per heavy atom. The van der Waals surface area contributed by atoms with E-state index >= 15 is 0 Å². The summed E-state index contributed by atoms with van der Waals surface area (Å²) in [6, 6.07) is 14.9. The smallest absolute Gasteiger partial charge is 0.258 e. The number of rotatable bonds is 6. The van der Waals surface area contributed by atoms with E-state index in [2.05, 4.69) is 9.71 Å². The summed E-state index contributed by atoms with van der Waals surface area (Å²) in [5.74, 6) is -0.153. The topological polar surface area (TPSA) is 102 Å². The molecule has 3 aromatic rings. The molecule has 25 heavy (non-hydrogen) atoms. The van der Waals surface area contributed by atoms with E-state index in [1.165, 1.54) is 12.1 Å². The fraction of sp³-hybridized carbons (Fsp3) is 0.0625. The van der Waals surface area contributed by atoms with Crippen LogP contribution in [0.1, 0.15) is 5.56 Å². The average Bonchev–Trinajstić information content (AvgIpc) is 3.03. The molecule has 1 N–H and O–H groups in total. The largest absolute Gasteiger partial charge is 0.270 e. The summed E-state index contributed by atoms with van der Waals surface area (Å²) in [4.78, 5) is 14.6. The van der Waals surface area contributed by atoms with Crippen LogP contribution in [-0.4, -0.2) is 18.3 Å². The van der Waals surface area contributed by atoms with Crippen LogP contribution >= 0.6 is 11.3 Å². The minimum atomic E-state index is -3.59. The van der Waals surface area contributed by atoms with Gasteiger partial charge in [-0.05, 0) is 5.56 Å². The Bertz CT molecular complexity index is 1000. The van der Waals surface area contributed by atoms with E-state index in [9.17, 15) is 18.5 Å². The highest BCUT2D eigenvalue weighted by Crippen LogP contribution is 2.28. The molecule has 0 unspecified atom stereocenters. The minimum absolute atomic E-state index is 0.0447. The fourth-order valence-corrected chi connectivity index (χ4v) is 4.35. The number of sulfonamides is 1. The van der Waals surface area contributed by atoms with Gasteiger partial charge < -0.3 is 0 Å². The highest BCUT2D eigenvalue weighted by atomic mass is 32.2. The first-order valence-corrected chi connectivity index (χ1v) is 9.71. The Labute approximate surface area is 148 Å². The van der Waals surface area contributed by atoms with Gasteiger partial charge in [0.1, 0.15) is 0 Å². The predicted octanol–water partition coefficient (Wildman–Crippen LogP) is 3.66. The summed E-state index contributed by atoms with van der Waals surface area (Å²) in [6.07, 6.45) is 0. The Hall–Kier alpha value is -2.78. The molecule has 0 aliphatic heterocycles. The van der Waals surface area contributed by atoms with Crippen molar-refractivity contribution >= 4 is 32.2 Å². The first-order valence-electron chi connectivity index (χ1n) is 7.18. The molecular weight excluding hydrogens is 362 g/mol. The van der Waals surface area contributed by atoms with Gasteiger partial charge in [0, 0.05) is 23.1 Å². The lowest BCUT2D eigenvalue weighted by Crippen LogP contribution is -2.14. The zero-order chi connectivity index (χ0) is 17.9. The normalized spacial score (nSPS) is 11.2. The van der Waals surface area contributed by atoms with Gasteiger partial charge in [-0.25, -0.2) is 13.4 Å². The lowest BCUT2D eigenvalue weighted by atomic mass is 10.1. The molecule has 1 heterocycles. The molecule has 0 bridgehead atoms. The number of nitrogens with one attached hydrogen (secondary N) is 1. The van der Waals surface area contributed by atoms with Gasteiger partial charge in [0.15, 0.2) is 5.13 Å². The number of nitro benzene ring substituents is 1. The maximum absolute atomic E-state index is 12.2. The molecule has 0 saturated heterocycles. The van der Waals surface area contributed by atoms with E-state index in [1.54, 1.807) is 41.8 Å². The number of thiazole rings is 1. The number of nitro groups is 1. The van der Waals surface area contributed by atoms with Crippen LogP contribution < -0.4 is 4.72 Å². The molecule has 0 aliphatic carbocycles. The van der Waals surface area contributed by atoms with Gasteiger partial charge in [-0.1, -0.05) is 42.5 Å². The first kappa shape index (κ1) is 17.1. The van der Waals surface area contributed by atoms with Crippen molar-refractivity contribution in [3.8, 4) is 11.3 Å². The van der Waals surface area contributed by atoms with Gasteiger partial charge in [-0.2, -0.15) is 0 Å². The summed E-state index contributed by atoms with van der Waals surface area (Å²) < 4.78 is 26.9. The van der Waals surface area contributed by atoms with E-state index in [-0.39, 0.29) is 16.6 Å². The van der Waals surface area contributed by atoms with Crippen molar-refractivity contribution < 1.29 is 13.3 Å². The molecule has 0 atom stereocenters. The highest BCUT2D eigenvalue weighted by Gasteiger charge is 2.15. The van der Waals surface area contributed by atoms with E-state index < -0.39 is 14.9 Å². The zero-order valence-electron chi connectivity index (χ0n) is 12.8. The Balaban J connectivity index is 1.77. The van der Waals surface area contributed by atoms with E-state index in [4.69, 9.17) is 0 Å². The van der Waals surface area contributed by atoms with Gasteiger partial charge in [0.2, 0.25) is 10.0 Å². The number of hydrogen-bond acceptors (Lipinski definition) is 6. The van der Waals surface area contributed by atoms with Crippen LogP contribution in [0.5, 0.6) is 0 Å². The third-order valence-electron chi connectivity index (χ3n) is 3.30. The van der Waals surface area contributed by atoms with Crippen LogP contribution in [0.3, 0.4) is 0 Å². The molecule has 0 aliphatic rings. The lowest BCUT2D eigenvalue weighted by Gasteiger charge is -2.05. The standard InChI is InChI=1S/C16H13N3O4S2/c20-19(21)14-8-4-7-13(9-14)15-10-24-16(17-15)18-25(22,23)11-12-5-2-1-3-6-12/h1-10H,11H2,(H,17,18). The van der Waals surface area contributed by atoms with Gasteiger partial charge in [0.25, 0.3) is 5.69 Å². The minimum Gasteiger partial charge on any atom is -0.258 e. The molecule has 0 amide bonds. The van der Waals surface area contributed by atoms with Crippen LogP contribution in [0.2, 0.25) is 0 Å². The molecule has 1 aromatic heterocycles. The van der Waals surface area contributed by atoms with Crippen molar-refractivity contribution in [2.75, 3.05) is 4.72 Å². The second-order valence-electron chi connectivity index (χ2n) is 5.19. The molecule has 128 valence electrons. The number of non-ortho nitro benzene ring substituents is 1. The number of hydrogen-bond donors (Lipinski definition) is 1. The van der Waals surface area contributed by atoms with E-state index in [1.807, 2.05) is 6.07 Å². The summed E-state index contributed by atoms with van der Waals surface area (Å²) in [6.45, 7) is 0. The summed E-state index contributed by atoms with van der Waals surface area (Å²) in [7, 11) is -3.59. The summed E-state index contributed by atoms with van der Waals surface area (Å²) in [5.41, 5.74) is 1.66. The number of aromatic nitrogens is 1. The zero-order valence-corrected chi connectivity index (χ0v) is 14.5. The third-order valence-corrected chi connectivity index (χ3v) is 5.40. The molecule has 2 aromatic carbocycles. The maximum atomic E-state index is 12.2. The summed E-state index contributed by atoms with van der Waals surface area (Å²) >= 11 is 1.12. The Morgan fingerprint density at radius 2 is 1.88 bits per heavy atom. The van der Waals surface area contributed by atoms with Crippen LogP contribution in [0.15, 0.2) is 60.0 Å². The highest BCUT2D eigenvalue weighted by molar-refractivity contribution is 7.92. The Kier molecular flexibility index (Phi) is 4.77. The second kappa shape index (κ2) is 6.99. The van der Waals surface area contributed by atoms with Crippen molar-refractivity contribution in [1.29, 1.82) is 0 Å². The fourth-order valence-electron chi connectivity index (χ4n) is 2.19. The van der Waals surface area contributed by atoms with Gasteiger partial charge >= 0.3 is 0 Å². The Morgan fingerprint density at radius 3 is 2.60 bits per heavy atom. The van der Waals surface area contributed by atoms with Crippen molar-refractivity contribution in [3.63, 3.8) is 0 Å². The van der Waals surface area contributed by atoms with Gasteiger partial charge in [-0.3, -0.25) is 14.8 Å². The van der Waals surface area contributed by atoms with Gasteiger partial charge in [0.05, 0.1) is 16.4 Å². The molecule has 0 saturated carbocycles. The van der Waals surface area contributed by atoms with Crippen molar-refractivity contribution in [1.82, 2.24) is 4.98 Å². The summed E-state index contributed by atoms with van der Waals surface area (Å²) in [5, 5.41) is 12.7. The second-order valence-corrected chi connectivity index (χ2v) is 7.77. The predicted molar refractivity (Wildman–Crippen MR) is 96.9 cm³/mol. The quantitative estimate of drug-likeness (QED) is 0.523. The number of nitrogens with zero attached hydrogens (tertiary/aromatic N) is 2. The molecular formula is C16H13N3O4S2. The molecule has 9 heteroatoms. The first-order chi connectivity index (χ1) is 11.9. The molecule has 0 spiro atoms. The SMILES string of the molecule is O=[N+]([O-])c1cccc(-c2csc(NS(=O)(=O)Cc3ccccc3)n2)c1. The van der Waals surface area contributed by atoms with Crippen LogP contribution in [-0.2, 0) is 15.8 Å². The van der Waals surface area contributed by atoms with Crippen molar-refractivity contribution in [2.24, 2.45) is 0 Å². The molecule has 0 radical (unpaired) electrons. The van der Waals surface area contributed by atoms with E-state index in [0.29, 0.717) is 16.8 Å². The van der Waals surface area contributed by atoms with Crippen LogP contribution in [0.4, 0.5) is 10.8 Å². The number of anilines is 1. The maximum Gasteiger partial charge on any atom is 0.270 e. The monoisotopic (exact) mass is 375 g/mol. The molecule has 7 nitrogen and oxygen atoms in total. The third kappa shape index (κ3) is 4.40. The molecule has 3 rings (SSSR count). The van der Waals surface area contributed by atoms with Crippen LogP contribution in [0.25, 0.3) is 11.3 Å². The van der Waals surface area contributed by atoms with Gasteiger partial charge in [-0.15, -0.1) is 11.3 Å². The van der Waals surface area contributed by atoms with E-state index in [0.717, 1.165) is 11.3 Å². The number of benzene rings is 2. The lowest BCUT2D eigenvalue weighted by molar-refractivity contribution is -0.384. The van der Waals surface area contributed by atoms with Crippen molar-refractivity contribution in [3.05, 3.63) is 75.7 Å². The van der Waals surface area contributed by atoms with Crippen LogP contribution in [0, 0.1) is 10.1 Å². The average molecular weight is 375 g/mol. The molecule has 0 fully saturated rings.